The molecule has 0 unspecified atom stereocenters. The van der Waals surface area contributed by atoms with E-state index in [0.717, 1.165) is 11.1 Å². The van der Waals surface area contributed by atoms with Crippen molar-refractivity contribution in [3.8, 4) is 5.75 Å². The van der Waals surface area contributed by atoms with Crippen LogP contribution < -0.4 is 15.7 Å². The van der Waals surface area contributed by atoms with E-state index in [2.05, 4.69) is 5.32 Å². The van der Waals surface area contributed by atoms with Crippen molar-refractivity contribution in [3.05, 3.63) is 112 Å². The molecule has 3 aromatic carbocycles. The van der Waals surface area contributed by atoms with Gasteiger partial charge in [-0.3, -0.25) is 4.79 Å². The summed E-state index contributed by atoms with van der Waals surface area (Å²) in [6.07, 6.45) is 0.0342. The van der Waals surface area contributed by atoms with Gasteiger partial charge in [0.05, 0.1) is 19.6 Å². The predicted octanol–water partition coefficient (Wildman–Crippen LogP) is 4.01. The van der Waals surface area contributed by atoms with Crippen LogP contribution in [0.2, 0.25) is 0 Å². The molecule has 36 heavy (non-hydrogen) atoms. The van der Waals surface area contributed by atoms with E-state index in [-0.39, 0.29) is 12.3 Å². The Morgan fingerprint density at radius 2 is 1.53 bits per heavy atom. The van der Waals surface area contributed by atoms with Gasteiger partial charge in [-0.15, -0.1) is 0 Å². The van der Waals surface area contributed by atoms with E-state index in [4.69, 9.17) is 13.9 Å². The molecule has 1 heterocycles. The third-order valence-corrected chi connectivity index (χ3v) is 6.41. The minimum atomic E-state index is -1.08. The Kier molecular flexibility index (Phi) is 7.20. The summed E-state index contributed by atoms with van der Waals surface area (Å²) < 4.78 is 15.6. The number of rotatable bonds is 8. The lowest BCUT2D eigenvalue weighted by Crippen LogP contribution is -2.51. The molecule has 0 saturated heterocycles. The number of carbonyl (C=O) groups is 2. The van der Waals surface area contributed by atoms with Crippen LogP contribution in [-0.2, 0) is 26.2 Å². The highest BCUT2D eigenvalue weighted by Crippen LogP contribution is 2.32. The van der Waals surface area contributed by atoms with Gasteiger partial charge in [-0.2, -0.15) is 0 Å². The smallest absolute Gasteiger partial charge is 0.336 e. The summed E-state index contributed by atoms with van der Waals surface area (Å²) in [5, 5.41) is 3.52. The minimum absolute atomic E-state index is 0.0342. The summed E-state index contributed by atoms with van der Waals surface area (Å²) in [6, 6.07) is 24.1. The van der Waals surface area contributed by atoms with E-state index >= 15 is 0 Å². The number of ether oxygens (including phenoxy) is 2. The van der Waals surface area contributed by atoms with Gasteiger partial charge in [-0.1, -0.05) is 60.7 Å². The summed E-state index contributed by atoms with van der Waals surface area (Å²) in [7, 11) is 2.78. The molecule has 0 fully saturated rings. The normalized spacial score (nSPS) is 12.1. The number of esters is 1. The van der Waals surface area contributed by atoms with Gasteiger partial charge in [0.15, 0.2) is 0 Å². The van der Waals surface area contributed by atoms with Crippen molar-refractivity contribution in [2.75, 3.05) is 14.2 Å². The fourth-order valence-electron chi connectivity index (χ4n) is 4.34. The standard InChI is InChI=1S/C29H27NO6/c1-29(20-10-6-4-7-11-20,21-12-8-5-9-13-21)28(33)30-24(27(32)35-3)16-19-17-26(31)36-25-18-22(34-2)14-15-23(19)25/h4-15,17-18,24H,16H2,1-3H3,(H,30,33)/t24-/m0/s1. The second-order valence-electron chi connectivity index (χ2n) is 8.56. The van der Waals surface area contributed by atoms with Crippen LogP contribution in [0.25, 0.3) is 11.0 Å². The number of benzene rings is 3. The molecule has 0 aliphatic heterocycles. The molecule has 0 spiro atoms. The average molecular weight is 486 g/mol. The van der Waals surface area contributed by atoms with Crippen molar-refractivity contribution >= 4 is 22.8 Å². The molecular formula is C29H27NO6. The number of hydrogen-bond acceptors (Lipinski definition) is 6. The van der Waals surface area contributed by atoms with Crippen LogP contribution in [0.4, 0.5) is 0 Å². The molecule has 7 nitrogen and oxygen atoms in total. The first kappa shape index (κ1) is 24.7. The van der Waals surface area contributed by atoms with E-state index in [1.165, 1.54) is 20.3 Å². The molecular weight excluding hydrogens is 458 g/mol. The third-order valence-electron chi connectivity index (χ3n) is 6.41. The van der Waals surface area contributed by atoms with Crippen LogP contribution in [0, 0.1) is 0 Å². The Morgan fingerprint density at radius 3 is 2.08 bits per heavy atom. The second-order valence-corrected chi connectivity index (χ2v) is 8.56. The van der Waals surface area contributed by atoms with E-state index in [1.807, 2.05) is 67.6 Å². The third kappa shape index (κ3) is 4.86. The largest absolute Gasteiger partial charge is 0.497 e. The first-order chi connectivity index (χ1) is 17.4. The van der Waals surface area contributed by atoms with Gasteiger partial charge in [-0.05, 0) is 35.7 Å². The van der Waals surface area contributed by atoms with E-state index in [0.29, 0.717) is 22.3 Å². The molecule has 1 N–H and O–H groups in total. The molecule has 0 saturated carbocycles. The molecule has 1 atom stereocenters. The average Bonchev–Trinajstić information content (AvgIpc) is 2.92. The van der Waals surface area contributed by atoms with Crippen molar-refractivity contribution in [2.24, 2.45) is 0 Å². The molecule has 7 heteroatoms. The molecule has 184 valence electrons. The molecule has 1 amide bonds. The summed E-state index contributed by atoms with van der Waals surface area (Å²) in [6.45, 7) is 1.82. The van der Waals surface area contributed by atoms with Gasteiger partial charge in [-0.25, -0.2) is 9.59 Å². The van der Waals surface area contributed by atoms with Crippen molar-refractivity contribution < 1.29 is 23.5 Å². The SMILES string of the molecule is COC(=O)[C@H](Cc1cc(=O)oc2cc(OC)ccc12)NC(=O)C(C)(c1ccccc1)c1ccccc1. The Balaban J connectivity index is 1.73. The lowest BCUT2D eigenvalue weighted by molar-refractivity contribution is -0.145. The summed E-state index contributed by atoms with van der Waals surface area (Å²) >= 11 is 0. The Labute approximate surface area is 208 Å². The van der Waals surface area contributed by atoms with Crippen molar-refractivity contribution in [1.82, 2.24) is 5.32 Å². The fourth-order valence-corrected chi connectivity index (χ4v) is 4.34. The first-order valence-corrected chi connectivity index (χ1v) is 11.5. The van der Waals surface area contributed by atoms with Crippen molar-refractivity contribution in [3.63, 3.8) is 0 Å². The molecule has 4 rings (SSSR count). The monoisotopic (exact) mass is 485 g/mol. The molecule has 0 aliphatic rings. The summed E-state index contributed by atoms with van der Waals surface area (Å²) in [4.78, 5) is 39.0. The topological polar surface area (TPSA) is 94.8 Å². The molecule has 1 aromatic heterocycles. The zero-order valence-corrected chi connectivity index (χ0v) is 20.3. The minimum Gasteiger partial charge on any atom is -0.497 e. The zero-order valence-electron chi connectivity index (χ0n) is 20.3. The highest BCUT2D eigenvalue weighted by atomic mass is 16.5. The number of fused-ring (bicyclic) bond motifs is 1. The lowest BCUT2D eigenvalue weighted by Gasteiger charge is -2.31. The number of amides is 1. The first-order valence-electron chi connectivity index (χ1n) is 11.5. The molecule has 4 aromatic rings. The van der Waals surface area contributed by atoms with Crippen molar-refractivity contribution in [2.45, 2.75) is 24.8 Å². The number of hydrogen-bond donors (Lipinski definition) is 1. The van der Waals surface area contributed by atoms with Crippen LogP contribution in [0.1, 0.15) is 23.6 Å². The predicted molar refractivity (Wildman–Crippen MR) is 136 cm³/mol. The maximum absolute atomic E-state index is 13.9. The maximum atomic E-state index is 13.9. The van der Waals surface area contributed by atoms with Gasteiger partial charge in [0.2, 0.25) is 5.91 Å². The second kappa shape index (κ2) is 10.5. The Hall–Kier alpha value is -4.39. The number of carbonyl (C=O) groups excluding carboxylic acids is 2. The molecule has 0 aliphatic carbocycles. The zero-order chi connectivity index (χ0) is 25.7. The highest BCUT2D eigenvalue weighted by molar-refractivity contribution is 5.95. The van der Waals surface area contributed by atoms with Gasteiger partial charge < -0.3 is 19.2 Å². The quantitative estimate of drug-likeness (QED) is 0.299. The molecule has 0 radical (unpaired) electrons. The van der Waals surface area contributed by atoms with Crippen LogP contribution in [0.5, 0.6) is 5.75 Å². The molecule has 0 bridgehead atoms. The van der Waals surface area contributed by atoms with Crippen LogP contribution in [0.15, 0.2) is 94.1 Å². The maximum Gasteiger partial charge on any atom is 0.336 e. The van der Waals surface area contributed by atoms with E-state index in [9.17, 15) is 14.4 Å². The number of nitrogens with one attached hydrogen (secondary N) is 1. The summed E-state index contributed by atoms with van der Waals surface area (Å²) in [5.41, 5.74) is 0.760. The number of methoxy groups -OCH3 is 2. The van der Waals surface area contributed by atoms with Gasteiger partial charge in [0.1, 0.15) is 17.4 Å². The fraction of sp³-hybridized carbons (Fsp3) is 0.207. The van der Waals surface area contributed by atoms with E-state index in [1.54, 1.807) is 18.2 Å². The Morgan fingerprint density at radius 1 is 0.917 bits per heavy atom. The van der Waals surface area contributed by atoms with E-state index < -0.39 is 23.1 Å². The van der Waals surface area contributed by atoms with Crippen LogP contribution >= 0.6 is 0 Å². The van der Waals surface area contributed by atoms with Gasteiger partial charge in [0.25, 0.3) is 0 Å². The lowest BCUT2D eigenvalue weighted by atomic mass is 9.75. The van der Waals surface area contributed by atoms with Crippen molar-refractivity contribution in [1.29, 1.82) is 0 Å². The van der Waals surface area contributed by atoms with Crippen LogP contribution in [-0.4, -0.2) is 32.1 Å². The van der Waals surface area contributed by atoms with Gasteiger partial charge >= 0.3 is 11.6 Å². The Bertz CT molecular complexity index is 1390. The van der Waals surface area contributed by atoms with Crippen LogP contribution in [0.3, 0.4) is 0 Å². The highest BCUT2D eigenvalue weighted by Gasteiger charge is 2.39. The summed E-state index contributed by atoms with van der Waals surface area (Å²) in [5.74, 6) is -0.465. The van der Waals surface area contributed by atoms with Gasteiger partial charge in [0, 0.05) is 23.9 Å².